The van der Waals surface area contributed by atoms with E-state index in [4.69, 9.17) is 0 Å². The first-order valence-electron chi connectivity index (χ1n) is 8.65. The highest BCUT2D eigenvalue weighted by Gasteiger charge is 2.54. The van der Waals surface area contributed by atoms with Gasteiger partial charge in [0.25, 0.3) is 0 Å². The van der Waals surface area contributed by atoms with Gasteiger partial charge in [0.2, 0.25) is 0 Å². The third-order valence-corrected chi connectivity index (χ3v) is 6.24. The lowest BCUT2D eigenvalue weighted by atomic mass is 9.50. The third kappa shape index (κ3) is 2.47. The van der Waals surface area contributed by atoms with E-state index in [-0.39, 0.29) is 0 Å². The maximum Gasteiger partial charge on any atom is 0.125 e. The Labute approximate surface area is 132 Å². The van der Waals surface area contributed by atoms with Crippen LogP contribution in [0.2, 0.25) is 0 Å². The second-order valence-corrected chi connectivity index (χ2v) is 7.74. The zero-order valence-electron chi connectivity index (χ0n) is 13.4. The highest BCUT2D eigenvalue weighted by molar-refractivity contribution is 5.56. The predicted molar refractivity (Wildman–Crippen MR) is 84.6 cm³/mol. The van der Waals surface area contributed by atoms with Crippen molar-refractivity contribution in [3.8, 4) is 0 Å². The maximum atomic E-state index is 10.8. The second kappa shape index (κ2) is 5.41. The molecule has 3 aliphatic rings. The Morgan fingerprint density at radius 2 is 1.77 bits per heavy atom. The van der Waals surface area contributed by atoms with Gasteiger partial charge in [-0.2, -0.15) is 0 Å². The van der Waals surface area contributed by atoms with Crippen molar-refractivity contribution in [3.63, 3.8) is 0 Å². The monoisotopic (exact) mass is 299 g/mol. The number of aldehydes is 1. The first kappa shape index (κ1) is 14.3. The number of rotatable bonds is 3. The number of likely N-dealkylation sites (tertiary alicyclic amines) is 1. The Morgan fingerprint density at radius 3 is 2.36 bits per heavy atom. The van der Waals surface area contributed by atoms with Crippen molar-refractivity contribution in [2.75, 3.05) is 13.1 Å². The van der Waals surface area contributed by atoms with Gasteiger partial charge in [-0.1, -0.05) is 0 Å². The van der Waals surface area contributed by atoms with Crippen molar-refractivity contribution in [1.82, 2.24) is 14.9 Å². The van der Waals surface area contributed by atoms with Gasteiger partial charge in [-0.25, -0.2) is 9.97 Å². The molecule has 0 amide bonds. The van der Waals surface area contributed by atoms with Gasteiger partial charge < -0.3 is 9.69 Å². The molecule has 1 aromatic heterocycles. The summed E-state index contributed by atoms with van der Waals surface area (Å²) in [4.78, 5) is 22.1. The van der Waals surface area contributed by atoms with Gasteiger partial charge in [0.05, 0.1) is 0 Å². The van der Waals surface area contributed by atoms with Gasteiger partial charge >= 0.3 is 0 Å². The lowest BCUT2D eigenvalue weighted by Crippen LogP contribution is -2.57. The number of hydrogen-bond donors (Lipinski definition) is 0. The fourth-order valence-electron chi connectivity index (χ4n) is 4.89. The summed E-state index contributed by atoms with van der Waals surface area (Å²) in [7, 11) is 0. The van der Waals surface area contributed by atoms with E-state index < -0.39 is 0 Å². The first-order chi connectivity index (χ1) is 10.7. The SMILES string of the molecule is Cc1ncc(C2CCN(C3CC4(CC(C=O)C4)C3)CC2)cn1. The molecular formula is C18H25N3O. The molecule has 22 heavy (non-hydrogen) atoms. The fourth-order valence-corrected chi connectivity index (χ4v) is 4.89. The average Bonchev–Trinajstić information content (AvgIpc) is 2.46. The van der Waals surface area contributed by atoms with E-state index in [1.54, 1.807) is 0 Å². The molecule has 1 aromatic rings. The summed E-state index contributed by atoms with van der Waals surface area (Å²) in [6.07, 6.45) is 12.6. The number of nitrogens with zero attached hydrogens (tertiary/aromatic N) is 3. The molecule has 2 saturated carbocycles. The first-order valence-corrected chi connectivity index (χ1v) is 8.65. The zero-order chi connectivity index (χ0) is 15.2. The van der Waals surface area contributed by atoms with E-state index in [1.165, 1.54) is 44.3 Å². The molecule has 1 aliphatic heterocycles. The molecule has 0 unspecified atom stereocenters. The Balaban J connectivity index is 1.27. The average molecular weight is 299 g/mol. The van der Waals surface area contributed by atoms with E-state index >= 15 is 0 Å². The highest BCUT2D eigenvalue weighted by Crippen LogP contribution is 2.59. The van der Waals surface area contributed by atoms with Crippen LogP contribution in [-0.2, 0) is 4.79 Å². The van der Waals surface area contributed by atoms with E-state index in [1.807, 2.05) is 19.3 Å². The van der Waals surface area contributed by atoms with Crippen LogP contribution in [0.15, 0.2) is 12.4 Å². The van der Waals surface area contributed by atoms with Crippen molar-refractivity contribution in [1.29, 1.82) is 0 Å². The number of aromatic nitrogens is 2. The van der Waals surface area contributed by atoms with Crippen molar-refractivity contribution >= 4 is 6.29 Å². The van der Waals surface area contributed by atoms with Crippen LogP contribution in [0.4, 0.5) is 0 Å². The molecule has 0 atom stereocenters. The van der Waals surface area contributed by atoms with Crippen LogP contribution < -0.4 is 0 Å². The van der Waals surface area contributed by atoms with Gasteiger partial charge in [0, 0.05) is 24.4 Å². The van der Waals surface area contributed by atoms with E-state index in [9.17, 15) is 4.79 Å². The maximum absolute atomic E-state index is 10.8. The van der Waals surface area contributed by atoms with Crippen LogP contribution >= 0.6 is 0 Å². The number of piperidine rings is 1. The topological polar surface area (TPSA) is 46.1 Å². The van der Waals surface area contributed by atoms with Gasteiger partial charge in [0.15, 0.2) is 0 Å². The summed E-state index contributed by atoms with van der Waals surface area (Å²) >= 11 is 0. The molecule has 3 fully saturated rings. The van der Waals surface area contributed by atoms with Gasteiger partial charge in [0.1, 0.15) is 12.1 Å². The molecule has 2 aliphatic carbocycles. The zero-order valence-corrected chi connectivity index (χ0v) is 13.4. The summed E-state index contributed by atoms with van der Waals surface area (Å²) < 4.78 is 0. The Bertz CT molecular complexity index is 534. The molecule has 0 N–H and O–H groups in total. The van der Waals surface area contributed by atoms with Crippen LogP contribution in [0.25, 0.3) is 0 Å². The van der Waals surface area contributed by atoms with Crippen molar-refractivity contribution in [3.05, 3.63) is 23.8 Å². The molecule has 1 spiro atoms. The molecule has 4 rings (SSSR count). The normalized spacial score (nSPS) is 35.9. The third-order valence-electron chi connectivity index (χ3n) is 6.24. The quantitative estimate of drug-likeness (QED) is 0.805. The molecular weight excluding hydrogens is 274 g/mol. The number of aryl methyl sites for hydroxylation is 1. The Morgan fingerprint density at radius 1 is 1.14 bits per heavy atom. The molecule has 1 saturated heterocycles. The summed E-state index contributed by atoms with van der Waals surface area (Å²) in [5.41, 5.74) is 1.86. The second-order valence-electron chi connectivity index (χ2n) is 7.74. The van der Waals surface area contributed by atoms with Crippen molar-refractivity contribution < 1.29 is 4.79 Å². The Hall–Kier alpha value is -1.29. The minimum absolute atomic E-state index is 0.369. The van der Waals surface area contributed by atoms with Gasteiger partial charge in [-0.15, -0.1) is 0 Å². The number of carbonyl (C=O) groups is 1. The number of carbonyl (C=O) groups excluding carboxylic acids is 1. The van der Waals surface area contributed by atoms with Crippen LogP contribution in [0.3, 0.4) is 0 Å². The van der Waals surface area contributed by atoms with Gasteiger partial charge in [-0.3, -0.25) is 0 Å². The largest absolute Gasteiger partial charge is 0.303 e. The van der Waals surface area contributed by atoms with Crippen LogP contribution in [0.5, 0.6) is 0 Å². The van der Waals surface area contributed by atoms with E-state index in [2.05, 4.69) is 14.9 Å². The minimum Gasteiger partial charge on any atom is -0.303 e. The molecule has 0 radical (unpaired) electrons. The lowest BCUT2D eigenvalue weighted by Gasteiger charge is -2.59. The predicted octanol–water partition coefficient (Wildman–Crippen LogP) is 2.72. The fraction of sp³-hybridized carbons (Fsp3) is 0.722. The summed E-state index contributed by atoms with van der Waals surface area (Å²) in [5.74, 6) is 1.86. The number of hydrogen-bond acceptors (Lipinski definition) is 4. The van der Waals surface area contributed by atoms with Crippen LogP contribution in [0.1, 0.15) is 55.8 Å². The molecule has 4 nitrogen and oxygen atoms in total. The van der Waals surface area contributed by atoms with Crippen molar-refractivity contribution in [2.24, 2.45) is 11.3 Å². The molecule has 2 heterocycles. The Kier molecular flexibility index (Phi) is 3.52. The van der Waals surface area contributed by atoms with Gasteiger partial charge in [-0.05, 0) is 75.4 Å². The molecule has 4 heteroatoms. The summed E-state index contributed by atoms with van der Waals surface area (Å²) in [5, 5.41) is 0. The molecule has 0 aromatic carbocycles. The highest BCUT2D eigenvalue weighted by atomic mass is 16.1. The minimum atomic E-state index is 0.369. The lowest BCUT2D eigenvalue weighted by molar-refractivity contribution is -0.130. The molecule has 118 valence electrons. The van der Waals surface area contributed by atoms with Crippen LogP contribution in [-0.4, -0.2) is 40.3 Å². The van der Waals surface area contributed by atoms with E-state index in [0.717, 1.165) is 31.0 Å². The summed E-state index contributed by atoms with van der Waals surface area (Å²) in [6.45, 7) is 4.35. The van der Waals surface area contributed by atoms with Crippen molar-refractivity contribution in [2.45, 2.75) is 57.4 Å². The molecule has 0 bridgehead atoms. The summed E-state index contributed by atoms with van der Waals surface area (Å²) in [6, 6.07) is 0.780. The standard InChI is InChI=1S/C18H25N3O/c1-13-19-10-16(11-20-13)15-2-4-21(5-3-15)17-8-18(9-17)6-14(7-18)12-22/h10-12,14-15,17H,2-9H2,1H3. The van der Waals surface area contributed by atoms with Crippen LogP contribution in [0, 0.1) is 18.3 Å². The van der Waals surface area contributed by atoms with E-state index in [0.29, 0.717) is 17.3 Å². The smallest absolute Gasteiger partial charge is 0.125 e.